The molecule has 156 valence electrons. The molecule has 9 heteroatoms. The number of amides is 1. The number of ether oxygens (including phenoxy) is 1. The number of nitro benzene ring substituents is 1. The zero-order chi connectivity index (χ0) is 21.9. The summed E-state index contributed by atoms with van der Waals surface area (Å²) in [5.41, 5.74) is 0.599. The van der Waals surface area contributed by atoms with Gasteiger partial charge in [-0.15, -0.1) is 11.3 Å². The lowest BCUT2D eigenvalue weighted by atomic mass is 10.0. The highest BCUT2D eigenvalue weighted by atomic mass is 32.1. The third-order valence-corrected chi connectivity index (χ3v) is 5.15. The standard InChI is InChI=1S/C21H21N3O5S/c1-21(2,3)29-20(26)23-16(12-13-8-10-14(11-9-13)24(27)28)18(25)19-22-15-6-4-5-7-17(15)30-19/h4-11,16H,12H2,1-3H3,(H,23,26)/t16-/m0/s1. The number of hydrogen-bond donors (Lipinski definition) is 1. The van der Waals surface area contributed by atoms with Crippen LogP contribution in [0.15, 0.2) is 48.5 Å². The van der Waals surface area contributed by atoms with Gasteiger partial charge < -0.3 is 10.1 Å². The number of Topliss-reactive ketones (excluding diaryl/α,β-unsaturated/α-hetero) is 1. The molecule has 1 amide bonds. The van der Waals surface area contributed by atoms with Crippen LogP contribution in [0.2, 0.25) is 0 Å². The molecule has 3 aromatic rings. The fraction of sp³-hybridized carbons (Fsp3) is 0.286. The average Bonchev–Trinajstić information content (AvgIpc) is 3.10. The highest BCUT2D eigenvalue weighted by Crippen LogP contribution is 2.24. The van der Waals surface area contributed by atoms with Crippen LogP contribution in [0, 0.1) is 10.1 Å². The van der Waals surface area contributed by atoms with Gasteiger partial charge >= 0.3 is 6.09 Å². The SMILES string of the molecule is CC(C)(C)OC(=O)N[C@@H](Cc1ccc([N+](=O)[O-])cc1)C(=O)c1nc2ccccc2s1. The third-order valence-electron chi connectivity index (χ3n) is 4.10. The second kappa shape index (κ2) is 8.58. The van der Waals surface area contributed by atoms with E-state index in [2.05, 4.69) is 10.3 Å². The molecule has 1 N–H and O–H groups in total. The number of para-hydroxylation sites is 1. The number of alkyl carbamates (subject to hydrolysis) is 1. The summed E-state index contributed by atoms with van der Waals surface area (Å²) in [6.45, 7) is 5.19. The molecule has 1 atom stereocenters. The average molecular weight is 427 g/mol. The summed E-state index contributed by atoms with van der Waals surface area (Å²) in [5.74, 6) is -0.347. The van der Waals surface area contributed by atoms with Gasteiger partial charge in [0.25, 0.3) is 5.69 Å². The number of nitrogens with one attached hydrogen (secondary N) is 1. The quantitative estimate of drug-likeness (QED) is 0.352. The molecule has 0 aliphatic rings. The maximum Gasteiger partial charge on any atom is 0.408 e. The van der Waals surface area contributed by atoms with Gasteiger partial charge in [-0.3, -0.25) is 14.9 Å². The van der Waals surface area contributed by atoms with Crippen molar-refractivity contribution in [3.05, 3.63) is 69.2 Å². The Morgan fingerprint density at radius 3 is 2.43 bits per heavy atom. The van der Waals surface area contributed by atoms with Gasteiger partial charge in [-0.1, -0.05) is 24.3 Å². The molecule has 0 fully saturated rings. The van der Waals surface area contributed by atoms with E-state index in [0.29, 0.717) is 11.1 Å². The summed E-state index contributed by atoms with van der Waals surface area (Å²) in [6, 6.07) is 12.3. The number of hydrogen-bond acceptors (Lipinski definition) is 7. The van der Waals surface area contributed by atoms with Gasteiger partial charge in [0.1, 0.15) is 11.6 Å². The number of carbonyl (C=O) groups is 2. The molecule has 0 saturated carbocycles. The van der Waals surface area contributed by atoms with E-state index < -0.39 is 22.7 Å². The first kappa shape index (κ1) is 21.4. The zero-order valence-electron chi connectivity index (χ0n) is 16.7. The Hall–Kier alpha value is -3.33. The topological polar surface area (TPSA) is 111 Å². The second-order valence-corrected chi connectivity index (χ2v) is 8.71. The normalized spacial score (nSPS) is 12.4. The van der Waals surface area contributed by atoms with Crippen molar-refractivity contribution in [2.75, 3.05) is 0 Å². The van der Waals surface area contributed by atoms with Gasteiger partial charge in [0.05, 0.1) is 15.1 Å². The summed E-state index contributed by atoms with van der Waals surface area (Å²) >= 11 is 1.25. The molecule has 8 nitrogen and oxygen atoms in total. The van der Waals surface area contributed by atoms with E-state index in [4.69, 9.17) is 4.74 Å². The van der Waals surface area contributed by atoms with Crippen LogP contribution >= 0.6 is 11.3 Å². The summed E-state index contributed by atoms with van der Waals surface area (Å²) in [6.07, 6.45) is -0.574. The number of thiazole rings is 1. The molecule has 3 rings (SSSR count). The smallest absolute Gasteiger partial charge is 0.408 e. The van der Waals surface area contributed by atoms with Gasteiger partial charge in [0.15, 0.2) is 5.01 Å². The molecule has 0 spiro atoms. The van der Waals surface area contributed by atoms with E-state index in [1.165, 1.54) is 23.5 Å². The first-order valence-corrected chi connectivity index (χ1v) is 10.1. The van der Waals surface area contributed by atoms with Crippen molar-refractivity contribution in [1.82, 2.24) is 10.3 Å². The van der Waals surface area contributed by atoms with Gasteiger partial charge in [0, 0.05) is 18.6 Å². The minimum Gasteiger partial charge on any atom is -0.444 e. The van der Waals surface area contributed by atoms with Crippen LogP contribution in [0.1, 0.15) is 36.1 Å². The maximum atomic E-state index is 13.2. The highest BCUT2D eigenvalue weighted by Gasteiger charge is 2.28. The maximum absolute atomic E-state index is 13.2. The number of ketones is 1. The van der Waals surface area contributed by atoms with Gasteiger partial charge in [-0.2, -0.15) is 0 Å². The van der Waals surface area contributed by atoms with Crippen molar-refractivity contribution in [2.24, 2.45) is 0 Å². The molecule has 0 unspecified atom stereocenters. The lowest BCUT2D eigenvalue weighted by molar-refractivity contribution is -0.384. The Balaban J connectivity index is 1.86. The van der Waals surface area contributed by atoms with Gasteiger partial charge in [0.2, 0.25) is 5.78 Å². The first-order chi connectivity index (χ1) is 14.1. The zero-order valence-corrected chi connectivity index (χ0v) is 17.6. The van der Waals surface area contributed by atoms with E-state index in [1.54, 1.807) is 32.9 Å². The minimum absolute atomic E-state index is 0.0482. The third kappa shape index (κ3) is 5.38. The number of carbonyl (C=O) groups excluding carboxylic acids is 2. The van der Waals surface area contributed by atoms with E-state index >= 15 is 0 Å². The summed E-state index contributed by atoms with van der Waals surface area (Å²) in [7, 11) is 0. The molecule has 0 radical (unpaired) electrons. The van der Waals surface area contributed by atoms with Crippen LogP contribution in [-0.2, 0) is 11.2 Å². The number of nitro groups is 1. The van der Waals surface area contributed by atoms with Crippen LogP contribution in [0.3, 0.4) is 0 Å². The van der Waals surface area contributed by atoms with Gasteiger partial charge in [-0.25, -0.2) is 9.78 Å². The molecule has 0 aliphatic heterocycles. The van der Waals surface area contributed by atoms with Crippen LogP contribution < -0.4 is 5.32 Å². The molecule has 2 aromatic carbocycles. The number of non-ortho nitro benzene ring substituents is 1. The van der Waals surface area contributed by atoms with Crippen molar-refractivity contribution in [2.45, 2.75) is 38.8 Å². The molecule has 0 aliphatic carbocycles. The Morgan fingerprint density at radius 2 is 1.83 bits per heavy atom. The molecular formula is C21H21N3O5S. The predicted molar refractivity (Wildman–Crippen MR) is 114 cm³/mol. The molecule has 1 aromatic heterocycles. The summed E-state index contributed by atoms with van der Waals surface area (Å²) < 4.78 is 6.16. The van der Waals surface area contributed by atoms with E-state index in [0.717, 1.165) is 4.70 Å². The lowest BCUT2D eigenvalue weighted by Gasteiger charge is -2.22. The number of rotatable bonds is 6. The first-order valence-electron chi connectivity index (χ1n) is 9.25. The summed E-state index contributed by atoms with van der Waals surface area (Å²) in [4.78, 5) is 40.2. The monoisotopic (exact) mass is 427 g/mol. The molecular weight excluding hydrogens is 406 g/mol. The van der Waals surface area contributed by atoms with Crippen LogP contribution in [0.5, 0.6) is 0 Å². The minimum atomic E-state index is -0.929. The highest BCUT2D eigenvalue weighted by molar-refractivity contribution is 7.20. The van der Waals surface area contributed by atoms with Crippen molar-refractivity contribution < 1.29 is 19.2 Å². The molecule has 30 heavy (non-hydrogen) atoms. The second-order valence-electron chi connectivity index (χ2n) is 7.68. The number of aromatic nitrogens is 1. The fourth-order valence-electron chi connectivity index (χ4n) is 2.78. The number of fused-ring (bicyclic) bond motifs is 1. The Kier molecular flexibility index (Phi) is 6.12. The fourth-order valence-corrected chi connectivity index (χ4v) is 3.74. The van der Waals surface area contributed by atoms with E-state index in [1.807, 2.05) is 24.3 Å². The predicted octanol–water partition coefficient (Wildman–Crippen LogP) is 4.52. The van der Waals surface area contributed by atoms with Gasteiger partial charge in [-0.05, 0) is 38.5 Å². The number of benzene rings is 2. The molecule has 0 saturated heterocycles. The molecule has 1 heterocycles. The van der Waals surface area contributed by atoms with Crippen molar-refractivity contribution in [3.63, 3.8) is 0 Å². The van der Waals surface area contributed by atoms with Crippen LogP contribution in [-0.4, -0.2) is 33.4 Å². The summed E-state index contributed by atoms with van der Waals surface area (Å²) in [5, 5.41) is 13.8. The molecule has 0 bridgehead atoms. The van der Waals surface area contributed by atoms with Crippen LogP contribution in [0.4, 0.5) is 10.5 Å². The lowest BCUT2D eigenvalue weighted by Crippen LogP contribution is -2.44. The Morgan fingerprint density at radius 1 is 1.17 bits per heavy atom. The van der Waals surface area contributed by atoms with E-state index in [-0.39, 0.29) is 22.9 Å². The Labute approximate surface area is 177 Å². The van der Waals surface area contributed by atoms with Crippen molar-refractivity contribution in [3.8, 4) is 0 Å². The van der Waals surface area contributed by atoms with Crippen LogP contribution in [0.25, 0.3) is 10.2 Å². The Bertz CT molecular complexity index is 1050. The van der Waals surface area contributed by atoms with E-state index in [9.17, 15) is 19.7 Å². The van der Waals surface area contributed by atoms with Crippen molar-refractivity contribution >= 4 is 39.1 Å². The van der Waals surface area contributed by atoms with Crippen molar-refractivity contribution in [1.29, 1.82) is 0 Å². The number of nitrogens with zero attached hydrogens (tertiary/aromatic N) is 2. The largest absolute Gasteiger partial charge is 0.444 e.